The van der Waals surface area contributed by atoms with E-state index in [9.17, 15) is 5.11 Å². The Kier molecular flexibility index (Phi) is 3.31. The number of hydrogen-bond donors (Lipinski definition) is 1. The summed E-state index contributed by atoms with van der Waals surface area (Å²) in [4.78, 5) is 2.48. The molecule has 1 heterocycles. The van der Waals surface area contributed by atoms with Crippen LogP contribution in [0.15, 0.2) is 30.3 Å². The second-order valence-electron chi connectivity index (χ2n) is 5.43. The molecule has 1 saturated heterocycles. The molecule has 2 heteroatoms. The number of aliphatic hydroxyl groups is 1. The van der Waals surface area contributed by atoms with Crippen LogP contribution in [0, 0.1) is 5.92 Å². The molecule has 16 heavy (non-hydrogen) atoms. The highest BCUT2D eigenvalue weighted by Gasteiger charge is 2.37. The van der Waals surface area contributed by atoms with E-state index in [0.717, 1.165) is 19.5 Å². The van der Waals surface area contributed by atoms with E-state index in [1.807, 2.05) is 0 Å². The molecule has 1 aromatic carbocycles. The van der Waals surface area contributed by atoms with Gasteiger partial charge in [-0.3, -0.25) is 4.90 Å². The van der Waals surface area contributed by atoms with Gasteiger partial charge in [0, 0.05) is 25.2 Å². The van der Waals surface area contributed by atoms with E-state index in [-0.39, 0.29) is 5.54 Å². The first kappa shape index (κ1) is 11.6. The lowest BCUT2D eigenvalue weighted by molar-refractivity contribution is 0.164. The summed E-state index contributed by atoms with van der Waals surface area (Å²) in [7, 11) is 0. The summed E-state index contributed by atoms with van der Waals surface area (Å²) in [6.45, 7) is 6.86. The molecule has 1 aliphatic rings. The molecule has 1 atom stereocenters. The Morgan fingerprint density at radius 1 is 1.31 bits per heavy atom. The number of aliphatic hydroxyl groups excluding tert-OH is 1. The third-order valence-electron chi connectivity index (χ3n) is 3.60. The van der Waals surface area contributed by atoms with Gasteiger partial charge in [-0.2, -0.15) is 0 Å². The van der Waals surface area contributed by atoms with Gasteiger partial charge in [-0.1, -0.05) is 30.3 Å². The maximum Gasteiger partial charge on any atom is 0.0472 e. The van der Waals surface area contributed by atoms with Gasteiger partial charge in [0.2, 0.25) is 0 Å². The SMILES string of the molecule is CC1(C)C[C@H](CO)CN1Cc1ccccc1. The van der Waals surface area contributed by atoms with Crippen molar-refractivity contribution >= 4 is 0 Å². The van der Waals surface area contributed by atoms with Gasteiger partial charge in [0.15, 0.2) is 0 Å². The number of rotatable bonds is 3. The Labute approximate surface area is 97.9 Å². The van der Waals surface area contributed by atoms with Crippen molar-refractivity contribution in [2.24, 2.45) is 5.92 Å². The van der Waals surface area contributed by atoms with Crippen LogP contribution in [0.1, 0.15) is 25.8 Å². The summed E-state index contributed by atoms with van der Waals surface area (Å²) in [5.41, 5.74) is 1.57. The maximum absolute atomic E-state index is 9.26. The van der Waals surface area contributed by atoms with Crippen LogP contribution in [0.2, 0.25) is 0 Å². The molecular weight excluding hydrogens is 198 g/mol. The van der Waals surface area contributed by atoms with Crippen molar-refractivity contribution in [3.8, 4) is 0 Å². The molecule has 1 N–H and O–H groups in total. The predicted octanol–water partition coefficient (Wildman–Crippen LogP) is 2.28. The lowest BCUT2D eigenvalue weighted by Crippen LogP contribution is -2.37. The molecule has 1 fully saturated rings. The van der Waals surface area contributed by atoms with Gasteiger partial charge in [-0.15, -0.1) is 0 Å². The molecule has 2 nitrogen and oxygen atoms in total. The quantitative estimate of drug-likeness (QED) is 0.843. The van der Waals surface area contributed by atoms with Crippen molar-refractivity contribution in [2.45, 2.75) is 32.4 Å². The molecule has 0 amide bonds. The normalized spacial score (nSPS) is 24.8. The third kappa shape index (κ3) is 2.45. The Hall–Kier alpha value is -0.860. The minimum atomic E-state index is 0.212. The zero-order valence-electron chi connectivity index (χ0n) is 10.2. The largest absolute Gasteiger partial charge is 0.396 e. The van der Waals surface area contributed by atoms with E-state index in [1.165, 1.54) is 5.56 Å². The van der Waals surface area contributed by atoms with E-state index in [0.29, 0.717) is 12.5 Å². The molecule has 2 rings (SSSR count). The first-order chi connectivity index (χ1) is 7.62. The van der Waals surface area contributed by atoms with Crippen LogP contribution in [-0.2, 0) is 6.54 Å². The summed E-state index contributed by atoms with van der Waals surface area (Å²) in [5, 5.41) is 9.26. The molecule has 1 aliphatic heterocycles. The van der Waals surface area contributed by atoms with Crippen molar-refractivity contribution in [3.05, 3.63) is 35.9 Å². The monoisotopic (exact) mass is 219 g/mol. The van der Waals surface area contributed by atoms with Crippen molar-refractivity contribution in [3.63, 3.8) is 0 Å². The van der Waals surface area contributed by atoms with E-state index < -0.39 is 0 Å². The zero-order chi connectivity index (χ0) is 11.6. The highest BCUT2D eigenvalue weighted by molar-refractivity contribution is 5.15. The van der Waals surface area contributed by atoms with Crippen LogP contribution in [0.5, 0.6) is 0 Å². The zero-order valence-corrected chi connectivity index (χ0v) is 10.2. The molecule has 0 bridgehead atoms. The standard InChI is InChI=1S/C14H21NO/c1-14(2)8-13(11-16)10-15(14)9-12-6-4-3-5-7-12/h3-7,13,16H,8-11H2,1-2H3/t13-/m0/s1. The van der Waals surface area contributed by atoms with Gasteiger partial charge in [0.1, 0.15) is 0 Å². The number of likely N-dealkylation sites (tertiary alicyclic amines) is 1. The molecule has 88 valence electrons. The van der Waals surface area contributed by atoms with Crippen LogP contribution in [0.25, 0.3) is 0 Å². The third-order valence-corrected chi connectivity index (χ3v) is 3.60. The van der Waals surface area contributed by atoms with Crippen LogP contribution < -0.4 is 0 Å². The van der Waals surface area contributed by atoms with Crippen LogP contribution in [0.3, 0.4) is 0 Å². The van der Waals surface area contributed by atoms with Crippen LogP contribution in [-0.4, -0.2) is 28.7 Å². The Morgan fingerprint density at radius 2 is 2.00 bits per heavy atom. The highest BCUT2D eigenvalue weighted by atomic mass is 16.3. The summed E-state index contributed by atoms with van der Waals surface area (Å²) in [6, 6.07) is 10.6. The lowest BCUT2D eigenvalue weighted by Gasteiger charge is -2.31. The molecule has 0 aliphatic carbocycles. The van der Waals surface area contributed by atoms with Crippen LogP contribution in [0.4, 0.5) is 0 Å². The van der Waals surface area contributed by atoms with Crippen molar-refractivity contribution in [1.29, 1.82) is 0 Å². The fourth-order valence-corrected chi connectivity index (χ4v) is 2.66. The van der Waals surface area contributed by atoms with Crippen molar-refractivity contribution < 1.29 is 5.11 Å². The van der Waals surface area contributed by atoms with Crippen LogP contribution >= 0.6 is 0 Å². The first-order valence-electron chi connectivity index (χ1n) is 6.01. The maximum atomic E-state index is 9.26. The second-order valence-corrected chi connectivity index (χ2v) is 5.43. The highest BCUT2D eigenvalue weighted by Crippen LogP contribution is 2.33. The van der Waals surface area contributed by atoms with Gasteiger partial charge >= 0.3 is 0 Å². The predicted molar refractivity (Wildman–Crippen MR) is 66.1 cm³/mol. The summed E-state index contributed by atoms with van der Waals surface area (Å²) < 4.78 is 0. The Morgan fingerprint density at radius 3 is 2.56 bits per heavy atom. The lowest BCUT2D eigenvalue weighted by atomic mass is 9.97. The summed E-state index contributed by atoms with van der Waals surface area (Å²) in [6.07, 6.45) is 1.09. The molecule has 0 spiro atoms. The van der Waals surface area contributed by atoms with Gasteiger partial charge in [-0.25, -0.2) is 0 Å². The van der Waals surface area contributed by atoms with Gasteiger partial charge < -0.3 is 5.11 Å². The Bertz CT molecular complexity index is 334. The summed E-state index contributed by atoms with van der Waals surface area (Å²) >= 11 is 0. The average molecular weight is 219 g/mol. The molecule has 1 aromatic rings. The van der Waals surface area contributed by atoms with E-state index in [1.54, 1.807) is 0 Å². The number of benzene rings is 1. The van der Waals surface area contributed by atoms with E-state index >= 15 is 0 Å². The minimum Gasteiger partial charge on any atom is -0.396 e. The topological polar surface area (TPSA) is 23.5 Å². The Balaban J connectivity index is 2.05. The average Bonchev–Trinajstić information content (AvgIpc) is 2.55. The van der Waals surface area contributed by atoms with E-state index in [4.69, 9.17) is 0 Å². The molecular formula is C14H21NO. The molecule has 0 radical (unpaired) electrons. The van der Waals surface area contributed by atoms with Gasteiger partial charge in [-0.05, 0) is 31.7 Å². The van der Waals surface area contributed by atoms with Crippen molar-refractivity contribution in [1.82, 2.24) is 4.90 Å². The first-order valence-corrected chi connectivity index (χ1v) is 6.01. The van der Waals surface area contributed by atoms with Gasteiger partial charge in [0.25, 0.3) is 0 Å². The number of nitrogens with zero attached hydrogens (tertiary/aromatic N) is 1. The fourth-order valence-electron chi connectivity index (χ4n) is 2.66. The molecule has 0 unspecified atom stereocenters. The fraction of sp³-hybridized carbons (Fsp3) is 0.571. The second kappa shape index (κ2) is 4.56. The van der Waals surface area contributed by atoms with Crippen molar-refractivity contribution in [2.75, 3.05) is 13.2 Å². The molecule has 0 aromatic heterocycles. The van der Waals surface area contributed by atoms with E-state index in [2.05, 4.69) is 49.1 Å². The minimum absolute atomic E-state index is 0.212. The smallest absolute Gasteiger partial charge is 0.0472 e. The molecule has 0 saturated carbocycles. The summed E-state index contributed by atoms with van der Waals surface area (Å²) in [5.74, 6) is 0.443. The van der Waals surface area contributed by atoms with Gasteiger partial charge in [0.05, 0.1) is 0 Å². The number of hydrogen-bond acceptors (Lipinski definition) is 2.